The predicted molar refractivity (Wildman–Crippen MR) is 300 cm³/mol. The van der Waals surface area contributed by atoms with Gasteiger partial charge >= 0.3 is 12.1 Å². The van der Waals surface area contributed by atoms with Crippen molar-refractivity contribution in [2.24, 2.45) is 0 Å². The number of hydrogen-bond donors (Lipinski definition) is 4. The largest absolute Gasteiger partial charge is 0.497 e. The molecule has 0 saturated heterocycles. The van der Waals surface area contributed by atoms with Crippen molar-refractivity contribution in [2.45, 2.75) is 82.1 Å². The Bertz CT molecular complexity index is 2530. The third kappa shape index (κ3) is 26.8. The van der Waals surface area contributed by atoms with E-state index in [-0.39, 0.29) is 77.5 Å². The number of methoxy groups -OCH3 is 2. The van der Waals surface area contributed by atoms with Crippen LogP contribution in [0.2, 0.25) is 0 Å². The Morgan fingerprint density at radius 1 is 0.459 bits per heavy atom. The SMILES string of the molecule is CC.CC.CC.CC.[CH2-]Cc1ccc(-n2nc(C)cc2NC(=O)Nc2ccc(OC)cc2)cc1.[CH2-]Cc1cccc(-n2nc(C)cc2NC(=O)Nc2ccc(OC)cc2)c1.[Y].[Y].c1ccncc1.c1ccncc1. The molecule has 0 aliphatic rings. The number of urea groups is 2. The summed E-state index contributed by atoms with van der Waals surface area (Å²) >= 11 is 0. The third-order valence-electron chi connectivity index (χ3n) is 8.89. The number of hydrogen-bond acceptors (Lipinski definition) is 8. The number of anilines is 4. The first-order chi connectivity index (χ1) is 35.2. The molecule has 16 heteroatoms. The maximum Gasteiger partial charge on any atom is 0.324 e. The molecule has 0 spiro atoms. The molecule has 0 aliphatic carbocycles. The van der Waals surface area contributed by atoms with E-state index in [4.69, 9.17) is 9.47 Å². The Hall–Kier alpha value is -6.05. The number of nitrogens with one attached hydrogen (secondary N) is 4. The van der Waals surface area contributed by atoms with Gasteiger partial charge in [-0.05, 0) is 111 Å². The minimum absolute atomic E-state index is 0. The van der Waals surface area contributed by atoms with Gasteiger partial charge in [0.2, 0.25) is 0 Å². The minimum atomic E-state index is -0.343. The Kier molecular flexibility index (Phi) is 41.0. The fraction of sp³-hybridized carbons (Fsp3) is 0.241. The molecule has 2 radical (unpaired) electrons. The van der Waals surface area contributed by atoms with Gasteiger partial charge in [-0.1, -0.05) is 103 Å². The zero-order valence-corrected chi connectivity index (χ0v) is 51.1. The Labute approximate surface area is 492 Å². The van der Waals surface area contributed by atoms with Crippen molar-refractivity contribution in [1.82, 2.24) is 29.5 Å². The molecule has 4 heterocycles. The maximum atomic E-state index is 12.3. The topological polar surface area (TPSA) is 162 Å². The first kappa shape index (κ1) is 70.0. The van der Waals surface area contributed by atoms with Crippen LogP contribution in [0.4, 0.5) is 32.6 Å². The molecule has 4 aromatic carbocycles. The van der Waals surface area contributed by atoms with E-state index in [1.165, 1.54) is 0 Å². The number of amides is 4. The van der Waals surface area contributed by atoms with Gasteiger partial charge in [0.05, 0.1) is 37.0 Å². The van der Waals surface area contributed by atoms with E-state index >= 15 is 0 Å². The molecule has 390 valence electrons. The van der Waals surface area contributed by atoms with Gasteiger partial charge < -0.3 is 34.0 Å². The summed E-state index contributed by atoms with van der Waals surface area (Å²) in [5.74, 6) is 2.65. The van der Waals surface area contributed by atoms with Crippen molar-refractivity contribution in [2.75, 3.05) is 35.5 Å². The van der Waals surface area contributed by atoms with Crippen LogP contribution in [0.15, 0.2) is 170 Å². The average Bonchev–Trinajstić information content (AvgIpc) is 4.02. The summed E-state index contributed by atoms with van der Waals surface area (Å²) in [5, 5.41) is 20.2. The third-order valence-corrected chi connectivity index (χ3v) is 8.89. The smallest absolute Gasteiger partial charge is 0.324 e. The molecular formula is C58H76N10O4Y2-2. The number of carbonyl (C=O) groups is 2. The van der Waals surface area contributed by atoms with Gasteiger partial charge in [-0.15, -0.1) is 0 Å². The monoisotopic (exact) mass is 1150 g/mol. The summed E-state index contributed by atoms with van der Waals surface area (Å²) < 4.78 is 13.6. The van der Waals surface area contributed by atoms with Gasteiger partial charge in [0, 0.05) is 114 Å². The molecule has 4 N–H and O–H groups in total. The van der Waals surface area contributed by atoms with Crippen LogP contribution in [-0.4, -0.2) is 55.8 Å². The molecule has 0 bridgehead atoms. The molecule has 4 aromatic heterocycles. The zero-order chi connectivity index (χ0) is 53.5. The van der Waals surface area contributed by atoms with E-state index in [1.807, 2.05) is 166 Å². The quantitative estimate of drug-likeness (QED) is 0.0984. The van der Waals surface area contributed by atoms with Gasteiger partial charge in [0.15, 0.2) is 0 Å². The summed E-state index contributed by atoms with van der Waals surface area (Å²) in [5.41, 5.74) is 6.95. The van der Waals surface area contributed by atoms with Crippen LogP contribution >= 0.6 is 0 Å². The minimum Gasteiger partial charge on any atom is -0.497 e. The van der Waals surface area contributed by atoms with Gasteiger partial charge in [-0.3, -0.25) is 20.6 Å². The number of benzene rings is 4. The normalized spacial score (nSPS) is 8.95. The Balaban J connectivity index is 0. The summed E-state index contributed by atoms with van der Waals surface area (Å²) in [4.78, 5) is 32.2. The van der Waals surface area contributed by atoms with Gasteiger partial charge in [0.25, 0.3) is 0 Å². The Morgan fingerprint density at radius 2 is 0.838 bits per heavy atom. The number of nitrogens with zero attached hydrogens (tertiary/aromatic N) is 6. The first-order valence-corrected chi connectivity index (χ1v) is 24.2. The number of pyridine rings is 2. The number of rotatable bonds is 10. The molecule has 0 atom stereocenters. The molecule has 8 aromatic rings. The maximum absolute atomic E-state index is 12.3. The molecule has 0 unspecified atom stereocenters. The Morgan fingerprint density at radius 3 is 1.16 bits per heavy atom. The van der Waals surface area contributed by atoms with E-state index in [2.05, 4.69) is 55.3 Å². The van der Waals surface area contributed by atoms with Crippen LogP contribution in [0.1, 0.15) is 77.9 Å². The molecule has 4 amide bonds. The molecule has 74 heavy (non-hydrogen) atoms. The summed E-state index contributed by atoms with van der Waals surface area (Å²) in [6.45, 7) is 27.5. The van der Waals surface area contributed by atoms with Crippen molar-refractivity contribution >= 4 is 35.1 Å². The van der Waals surface area contributed by atoms with Crippen LogP contribution in [0.25, 0.3) is 11.4 Å². The summed E-state index contributed by atoms with van der Waals surface area (Å²) in [6, 6.07) is 44.5. The van der Waals surface area contributed by atoms with E-state index < -0.39 is 0 Å². The van der Waals surface area contributed by atoms with Crippen molar-refractivity contribution in [1.29, 1.82) is 0 Å². The molecule has 8 rings (SSSR count). The van der Waals surface area contributed by atoms with Crippen molar-refractivity contribution in [3.63, 3.8) is 0 Å². The second-order valence-electron chi connectivity index (χ2n) is 13.7. The molecular weight excluding hydrogens is 1080 g/mol. The molecule has 0 aliphatic heterocycles. The van der Waals surface area contributed by atoms with Crippen LogP contribution in [-0.2, 0) is 78.3 Å². The molecule has 14 nitrogen and oxygen atoms in total. The van der Waals surface area contributed by atoms with Crippen molar-refractivity contribution in [3.05, 3.63) is 207 Å². The number of carbonyl (C=O) groups excluding carboxylic acids is 2. The fourth-order valence-corrected chi connectivity index (χ4v) is 5.75. The molecule has 0 fully saturated rings. The van der Waals surface area contributed by atoms with E-state index in [0.717, 1.165) is 51.8 Å². The second kappa shape index (κ2) is 43.4. The first-order valence-electron chi connectivity index (χ1n) is 24.2. The van der Waals surface area contributed by atoms with Gasteiger partial charge in [-0.25, -0.2) is 19.0 Å². The standard InChI is InChI=1S/2C20H21N4O2.2C5H5N.4C2H6.2Y/c1-4-15-5-9-17(10-6-15)24-19(13-14(2)23-24)22-20(25)21-16-7-11-18(26-3)12-8-16;1-4-15-6-5-7-17(13-15)24-19(12-14(2)23-24)22-20(25)21-16-8-10-18(26-3)11-9-16;2*1-2-4-6-5-3-1;4*1-2;;/h2*5-13H,1,4H2,2-3H3,(H2,21,22,25);2*1-5H;4*1-2H3;;/q2*-1;;;;;;;;. The number of ether oxygens (including phenoxy) is 2. The number of aromatic nitrogens is 6. The van der Waals surface area contributed by atoms with Crippen LogP contribution in [0.3, 0.4) is 0 Å². The van der Waals surface area contributed by atoms with Crippen LogP contribution in [0, 0.1) is 27.7 Å². The van der Waals surface area contributed by atoms with Gasteiger partial charge in [-0.2, -0.15) is 23.0 Å². The van der Waals surface area contributed by atoms with Crippen LogP contribution < -0.4 is 30.7 Å². The second-order valence-corrected chi connectivity index (χ2v) is 13.7. The zero-order valence-electron chi connectivity index (χ0n) is 45.5. The summed E-state index contributed by atoms with van der Waals surface area (Å²) in [7, 11) is 3.20. The number of aryl methyl sites for hydroxylation is 2. The van der Waals surface area contributed by atoms with E-state index in [9.17, 15) is 9.59 Å². The van der Waals surface area contributed by atoms with Crippen LogP contribution in [0.5, 0.6) is 11.5 Å². The van der Waals surface area contributed by atoms with E-state index in [0.29, 0.717) is 29.4 Å². The van der Waals surface area contributed by atoms with E-state index in [1.54, 1.807) is 96.9 Å². The van der Waals surface area contributed by atoms with Crippen molar-refractivity contribution in [3.8, 4) is 22.9 Å². The van der Waals surface area contributed by atoms with Gasteiger partial charge in [0.1, 0.15) is 23.1 Å². The predicted octanol–water partition coefficient (Wildman–Crippen LogP) is 14.7. The summed E-state index contributed by atoms with van der Waals surface area (Å²) in [6.07, 6.45) is 8.42. The van der Waals surface area contributed by atoms with Crippen molar-refractivity contribution < 1.29 is 84.5 Å². The molecule has 0 saturated carbocycles. The fourth-order valence-electron chi connectivity index (χ4n) is 5.75. The average molecular weight is 1160 g/mol.